The summed E-state index contributed by atoms with van der Waals surface area (Å²) in [6.45, 7) is 0. The fraction of sp³-hybridized carbons (Fsp3) is 0.0833. The number of carboxylic acids is 2. The Bertz CT molecular complexity index is 481. The molecular formula is C12H11NO5. The van der Waals surface area contributed by atoms with E-state index >= 15 is 0 Å². The number of hydrogen-bond donors (Lipinski definition) is 3. The van der Waals surface area contributed by atoms with Gasteiger partial charge in [0.2, 0.25) is 5.91 Å². The molecule has 0 radical (unpaired) electrons. The van der Waals surface area contributed by atoms with Gasteiger partial charge in [-0.1, -0.05) is 30.3 Å². The van der Waals surface area contributed by atoms with Gasteiger partial charge in [0.05, 0.1) is 0 Å². The molecule has 0 saturated carbocycles. The minimum absolute atomic E-state index is 0.405. The lowest BCUT2D eigenvalue weighted by molar-refractivity contribution is -0.141. The van der Waals surface area contributed by atoms with E-state index in [0.717, 1.165) is 6.08 Å². The van der Waals surface area contributed by atoms with Gasteiger partial charge in [-0.2, -0.15) is 0 Å². The first kappa shape index (κ1) is 13.4. The highest BCUT2D eigenvalue weighted by Gasteiger charge is 2.20. The van der Waals surface area contributed by atoms with Crippen molar-refractivity contribution in [3.63, 3.8) is 0 Å². The van der Waals surface area contributed by atoms with Crippen molar-refractivity contribution in [2.75, 3.05) is 0 Å². The van der Waals surface area contributed by atoms with E-state index in [1.807, 2.05) is 0 Å². The molecule has 3 N–H and O–H groups in total. The summed E-state index contributed by atoms with van der Waals surface area (Å²) in [4.78, 5) is 32.5. The lowest BCUT2D eigenvalue weighted by Crippen LogP contribution is -2.32. The summed E-state index contributed by atoms with van der Waals surface area (Å²) in [6.07, 6.45) is 1.40. The zero-order valence-electron chi connectivity index (χ0n) is 9.24. The maximum absolute atomic E-state index is 11.3. The van der Waals surface area contributed by atoms with Crippen LogP contribution in [0, 0.1) is 0 Å². The van der Waals surface area contributed by atoms with Gasteiger partial charge in [0, 0.05) is 12.2 Å². The number of amides is 1. The summed E-state index contributed by atoms with van der Waals surface area (Å²) in [5, 5.41) is 19.5. The number of carbonyl (C=O) groups excluding carboxylic acids is 1. The second kappa shape index (κ2) is 6.19. The van der Waals surface area contributed by atoms with Gasteiger partial charge < -0.3 is 15.5 Å². The second-order valence-electron chi connectivity index (χ2n) is 3.36. The zero-order valence-corrected chi connectivity index (χ0v) is 9.24. The Morgan fingerprint density at radius 1 is 1.06 bits per heavy atom. The maximum atomic E-state index is 11.3. The van der Waals surface area contributed by atoms with Gasteiger partial charge >= 0.3 is 11.9 Å². The summed E-state index contributed by atoms with van der Waals surface area (Å²) in [5.41, 5.74) is 0.405. The summed E-state index contributed by atoms with van der Waals surface area (Å²) >= 11 is 0. The fourth-order valence-corrected chi connectivity index (χ4v) is 1.27. The first-order valence-electron chi connectivity index (χ1n) is 5.00. The molecule has 18 heavy (non-hydrogen) atoms. The summed E-state index contributed by atoms with van der Waals surface area (Å²) in [5.74, 6) is -3.29. The van der Waals surface area contributed by atoms with Gasteiger partial charge in [-0.15, -0.1) is 0 Å². The van der Waals surface area contributed by atoms with Crippen LogP contribution in [0.5, 0.6) is 0 Å². The number of carbonyl (C=O) groups is 3. The molecular weight excluding hydrogens is 238 g/mol. The Morgan fingerprint density at radius 2 is 1.67 bits per heavy atom. The zero-order chi connectivity index (χ0) is 13.5. The average Bonchev–Trinajstić information content (AvgIpc) is 2.34. The van der Waals surface area contributed by atoms with Crippen LogP contribution in [0.2, 0.25) is 0 Å². The Morgan fingerprint density at radius 3 is 2.17 bits per heavy atom. The molecule has 0 fully saturated rings. The van der Waals surface area contributed by atoms with Crippen molar-refractivity contribution >= 4 is 17.8 Å². The van der Waals surface area contributed by atoms with Gasteiger partial charge in [-0.3, -0.25) is 4.79 Å². The van der Waals surface area contributed by atoms with E-state index in [2.05, 4.69) is 5.32 Å². The number of carboxylic acid groups (broad SMARTS) is 2. The quantitative estimate of drug-likeness (QED) is 0.662. The monoisotopic (exact) mass is 249 g/mol. The topological polar surface area (TPSA) is 104 Å². The lowest BCUT2D eigenvalue weighted by Gasteiger charge is -2.13. The normalized spacial score (nSPS) is 12.0. The number of benzene rings is 1. The van der Waals surface area contributed by atoms with Crippen LogP contribution in [0.1, 0.15) is 11.6 Å². The van der Waals surface area contributed by atoms with Crippen molar-refractivity contribution < 1.29 is 24.6 Å². The Hall–Kier alpha value is -2.63. The van der Waals surface area contributed by atoms with E-state index in [-0.39, 0.29) is 0 Å². The fourth-order valence-electron chi connectivity index (χ4n) is 1.27. The highest BCUT2D eigenvalue weighted by molar-refractivity contribution is 5.95. The summed E-state index contributed by atoms with van der Waals surface area (Å²) < 4.78 is 0. The molecule has 6 nitrogen and oxygen atoms in total. The van der Waals surface area contributed by atoms with Crippen LogP contribution >= 0.6 is 0 Å². The molecule has 1 aromatic rings. The molecule has 0 saturated heterocycles. The largest absolute Gasteiger partial charge is 0.479 e. The van der Waals surface area contributed by atoms with Gasteiger partial charge in [0.1, 0.15) is 0 Å². The maximum Gasteiger partial charge on any atom is 0.330 e. The molecule has 0 aromatic heterocycles. The molecule has 1 aromatic carbocycles. The molecule has 1 rings (SSSR count). The SMILES string of the molecule is O=C(O)/C=C\C(=O)N[C@@H](C(=O)O)c1ccccc1. The van der Waals surface area contributed by atoms with Crippen LogP contribution in [0.25, 0.3) is 0 Å². The molecule has 0 bridgehead atoms. The van der Waals surface area contributed by atoms with Crippen molar-refractivity contribution in [3.8, 4) is 0 Å². The Balaban J connectivity index is 2.80. The van der Waals surface area contributed by atoms with E-state index in [9.17, 15) is 14.4 Å². The molecule has 0 aliphatic carbocycles. The van der Waals surface area contributed by atoms with Crippen molar-refractivity contribution in [2.45, 2.75) is 6.04 Å². The molecule has 1 amide bonds. The highest BCUT2D eigenvalue weighted by atomic mass is 16.4. The predicted octanol–water partition coefficient (Wildman–Crippen LogP) is 0.569. The van der Waals surface area contributed by atoms with Gasteiger partial charge in [0.25, 0.3) is 0 Å². The van der Waals surface area contributed by atoms with Gasteiger partial charge in [-0.25, -0.2) is 9.59 Å². The van der Waals surface area contributed by atoms with Crippen LogP contribution < -0.4 is 5.32 Å². The third-order valence-corrected chi connectivity index (χ3v) is 2.04. The number of rotatable bonds is 5. The Kier molecular flexibility index (Phi) is 4.62. The van der Waals surface area contributed by atoms with Gasteiger partial charge in [-0.05, 0) is 5.56 Å². The molecule has 0 unspecified atom stereocenters. The van der Waals surface area contributed by atoms with Crippen LogP contribution in [0.4, 0.5) is 0 Å². The van der Waals surface area contributed by atoms with Crippen LogP contribution in [0.15, 0.2) is 42.5 Å². The van der Waals surface area contributed by atoms with Crippen molar-refractivity contribution in [1.82, 2.24) is 5.32 Å². The highest BCUT2D eigenvalue weighted by Crippen LogP contribution is 2.12. The first-order valence-corrected chi connectivity index (χ1v) is 5.00. The minimum Gasteiger partial charge on any atom is -0.479 e. The standard InChI is InChI=1S/C12H11NO5/c14-9(6-7-10(15)16)13-11(12(17)18)8-4-2-1-3-5-8/h1-7,11H,(H,13,14)(H,15,16)(H,17,18)/b7-6-/t11-/m1/s1. The molecule has 94 valence electrons. The molecule has 0 aliphatic rings. The van der Waals surface area contributed by atoms with E-state index in [1.165, 1.54) is 0 Å². The molecule has 6 heteroatoms. The second-order valence-corrected chi connectivity index (χ2v) is 3.36. The third kappa shape index (κ3) is 4.09. The van der Waals surface area contributed by atoms with Gasteiger partial charge in [0.15, 0.2) is 6.04 Å². The van der Waals surface area contributed by atoms with Crippen LogP contribution in [-0.4, -0.2) is 28.1 Å². The lowest BCUT2D eigenvalue weighted by atomic mass is 10.1. The van der Waals surface area contributed by atoms with Crippen molar-refractivity contribution in [1.29, 1.82) is 0 Å². The minimum atomic E-state index is -1.28. The number of nitrogens with one attached hydrogen (secondary N) is 1. The van der Waals surface area contributed by atoms with E-state index in [1.54, 1.807) is 30.3 Å². The van der Waals surface area contributed by atoms with Crippen LogP contribution in [0.3, 0.4) is 0 Å². The first-order chi connectivity index (χ1) is 8.50. The molecule has 1 atom stereocenters. The van der Waals surface area contributed by atoms with Crippen molar-refractivity contribution in [3.05, 3.63) is 48.0 Å². The predicted molar refractivity (Wildman–Crippen MR) is 61.7 cm³/mol. The van der Waals surface area contributed by atoms with Crippen molar-refractivity contribution in [2.24, 2.45) is 0 Å². The molecule has 0 heterocycles. The average molecular weight is 249 g/mol. The van der Waals surface area contributed by atoms with E-state index < -0.39 is 23.9 Å². The van der Waals surface area contributed by atoms with E-state index in [4.69, 9.17) is 10.2 Å². The number of hydrogen-bond acceptors (Lipinski definition) is 3. The summed E-state index contributed by atoms with van der Waals surface area (Å²) in [6, 6.07) is 6.90. The number of aliphatic carboxylic acids is 2. The smallest absolute Gasteiger partial charge is 0.330 e. The third-order valence-electron chi connectivity index (χ3n) is 2.04. The summed E-state index contributed by atoms with van der Waals surface area (Å²) in [7, 11) is 0. The Labute approximate surface area is 103 Å². The van der Waals surface area contributed by atoms with Crippen LogP contribution in [-0.2, 0) is 14.4 Å². The molecule has 0 aliphatic heterocycles. The molecule has 0 spiro atoms. The van der Waals surface area contributed by atoms with E-state index in [0.29, 0.717) is 11.6 Å².